The number of rotatable bonds is 5. The molecule has 0 saturated heterocycles. The summed E-state index contributed by atoms with van der Waals surface area (Å²) in [5.41, 5.74) is 7.62. The Hall–Kier alpha value is -0.0500. The molecule has 2 N–H and O–H groups in total. The molecule has 0 radical (unpaired) electrons. The van der Waals surface area contributed by atoms with E-state index in [2.05, 4.69) is 28.9 Å². The van der Waals surface area contributed by atoms with E-state index in [4.69, 9.17) is 17.3 Å². The van der Waals surface area contributed by atoms with E-state index >= 15 is 0 Å². The molecule has 112 valence electrons. The fraction of sp³-hybridized carbons (Fsp3) is 0.647. The number of hydrogen-bond acceptors (Lipinski definition) is 1. The molecule has 0 bridgehead atoms. The molecule has 0 spiro atoms. The molecule has 0 aliphatic heterocycles. The lowest BCUT2D eigenvalue weighted by atomic mass is 9.76. The maximum Gasteiger partial charge on any atom is 0.0449 e. The zero-order valence-electron chi connectivity index (χ0n) is 12.2. The van der Waals surface area contributed by atoms with Gasteiger partial charge in [-0.3, -0.25) is 0 Å². The van der Waals surface area contributed by atoms with Crippen LogP contribution in [0.1, 0.15) is 51.0 Å². The Morgan fingerprint density at radius 2 is 2.00 bits per heavy atom. The highest BCUT2D eigenvalue weighted by atomic mass is 79.9. The third-order valence-electron chi connectivity index (χ3n) is 4.66. The molecule has 3 heteroatoms. The average molecular weight is 359 g/mol. The lowest BCUT2D eigenvalue weighted by Gasteiger charge is -2.32. The van der Waals surface area contributed by atoms with Gasteiger partial charge in [-0.25, -0.2) is 0 Å². The van der Waals surface area contributed by atoms with Crippen LogP contribution in [0.5, 0.6) is 0 Å². The SMILES string of the molecule is CCCC1CCC(C(N)Cc2ccc(Br)cc2Cl)CC1. The second kappa shape index (κ2) is 7.82. The normalized spacial score (nSPS) is 24.6. The third kappa shape index (κ3) is 4.47. The van der Waals surface area contributed by atoms with E-state index in [1.165, 1.54) is 44.1 Å². The van der Waals surface area contributed by atoms with E-state index in [-0.39, 0.29) is 6.04 Å². The van der Waals surface area contributed by atoms with Gasteiger partial charge in [0.25, 0.3) is 0 Å². The van der Waals surface area contributed by atoms with E-state index in [9.17, 15) is 0 Å². The van der Waals surface area contributed by atoms with Crippen LogP contribution in [-0.2, 0) is 6.42 Å². The fourth-order valence-electron chi connectivity index (χ4n) is 3.42. The highest BCUT2D eigenvalue weighted by Crippen LogP contribution is 2.34. The second-order valence-electron chi connectivity index (χ2n) is 6.17. The van der Waals surface area contributed by atoms with Gasteiger partial charge in [-0.2, -0.15) is 0 Å². The molecule has 0 amide bonds. The maximum absolute atomic E-state index is 6.44. The van der Waals surface area contributed by atoms with Gasteiger partial charge in [-0.05, 0) is 48.8 Å². The average Bonchev–Trinajstić information content (AvgIpc) is 2.43. The van der Waals surface area contributed by atoms with Gasteiger partial charge in [0.1, 0.15) is 0 Å². The quantitative estimate of drug-likeness (QED) is 0.730. The summed E-state index contributed by atoms with van der Waals surface area (Å²) in [4.78, 5) is 0. The van der Waals surface area contributed by atoms with Crippen LogP contribution in [0, 0.1) is 11.8 Å². The van der Waals surface area contributed by atoms with Crippen molar-refractivity contribution in [2.45, 2.75) is 57.9 Å². The fourth-order valence-corrected chi connectivity index (χ4v) is 4.17. The Morgan fingerprint density at radius 3 is 2.60 bits per heavy atom. The summed E-state index contributed by atoms with van der Waals surface area (Å²) in [6.45, 7) is 2.29. The molecule has 1 aromatic carbocycles. The number of halogens is 2. The summed E-state index contributed by atoms with van der Waals surface area (Å²) in [6.07, 6.45) is 8.91. The van der Waals surface area contributed by atoms with Crippen LogP contribution in [0.25, 0.3) is 0 Å². The zero-order chi connectivity index (χ0) is 14.5. The van der Waals surface area contributed by atoms with Crippen LogP contribution in [0.3, 0.4) is 0 Å². The smallest absolute Gasteiger partial charge is 0.0449 e. The predicted octanol–water partition coefficient (Wildman–Crippen LogP) is 5.58. The predicted molar refractivity (Wildman–Crippen MR) is 91.2 cm³/mol. The van der Waals surface area contributed by atoms with Crippen molar-refractivity contribution in [3.63, 3.8) is 0 Å². The molecule has 0 heterocycles. The Kier molecular flexibility index (Phi) is 6.38. The Morgan fingerprint density at radius 1 is 1.30 bits per heavy atom. The Balaban J connectivity index is 1.87. The molecular formula is C17H25BrClN. The minimum absolute atomic E-state index is 0.247. The number of nitrogens with two attached hydrogens (primary N) is 1. The molecule has 1 atom stereocenters. The minimum atomic E-state index is 0.247. The largest absolute Gasteiger partial charge is 0.327 e. The van der Waals surface area contributed by atoms with Gasteiger partial charge in [0.15, 0.2) is 0 Å². The topological polar surface area (TPSA) is 26.0 Å². The van der Waals surface area contributed by atoms with Gasteiger partial charge in [0, 0.05) is 15.5 Å². The lowest BCUT2D eigenvalue weighted by Crippen LogP contribution is -2.35. The summed E-state index contributed by atoms with van der Waals surface area (Å²) >= 11 is 9.74. The van der Waals surface area contributed by atoms with Crippen molar-refractivity contribution in [2.24, 2.45) is 17.6 Å². The van der Waals surface area contributed by atoms with Crippen LogP contribution in [0.2, 0.25) is 5.02 Å². The van der Waals surface area contributed by atoms with Crippen molar-refractivity contribution in [3.05, 3.63) is 33.3 Å². The molecule has 20 heavy (non-hydrogen) atoms. The number of hydrogen-bond donors (Lipinski definition) is 1. The van der Waals surface area contributed by atoms with E-state index in [1.54, 1.807) is 0 Å². The van der Waals surface area contributed by atoms with Gasteiger partial charge in [0.2, 0.25) is 0 Å². The number of benzene rings is 1. The van der Waals surface area contributed by atoms with E-state index in [0.29, 0.717) is 5.92 Å². The van der Waals surface area contributed by atoms with Crippen molar-refractivity contribution < 1.29 is 0 Å². The minimum Gasteiger partial charge on any atom is -0.327 e. The molecule has 1 saturated carbocycles. The van der Waals surface area contributed by atoms with Gasteiger partial charge in [-0.1, -0.05) is 66.2 Å². The van der Waals surface area contributed by atoms with Crippen molar-refractivity contribution in [2.75, 3.05) is 0 Å². The maximum atomic E-state index is 6.44. The van der Waals surface area contributed by atoms with E-state index < -0.39 is 0 Å². The highest BCUT2D eigenvalue weighted by molar-refractivity contribution is 9.10. The monoisotopic (exact) mass is 357 g/mol. The molecule has 1 aromatic rings. The summed E-state index contributed by atoms with van der Waals surface area (Å²) in [5, 5.41) is 0.828. The van der Waals surface area contributed by atoms with E-state index in [0.717, 1.165) is 21.8 Å². The van der Waals surface area contributed by atoms with Gasteiger partial charge >= 0.3 is 0 Å². The van der Waals surface area contributed by atoms with E-state index in [1.807, 2.05) is 12.1 Å². The van der Waals surface area contributed by atoms with Gasteiger partial charge < -0.3 is 5.73 Å². The molecule has 1 aliphatic carbocycles. The first-order chi connectivity index (χ1) is 9.60. The molecule has 1 fully saturated rings. The molecule has 1 aliphatic rings. The summed E-state index contributed by atoms with van der Waals surface area (Å²) in [6, 6.07) is 6.35. The summed E-state index contributed by atoms with van der Waals surface area (Å²) in [7, 11) is 0. The van der Waals surface area contributed by atoms with Crippen LogP contribution < -0.4 is 5.73 Å². The molecule has 1 nitrogen and oxygen atoms in total. The van der Waals surface area contributed by atoms with Gasteiger partial charge in [0.05, 0.1) is 0 Å². The molecule has 0 aromatic heterocycles. The van der Waals surface area contributed by atoms with Crippen molar-refractivity contribution in [1.82, 2.24) is 0 Å². The first kappa shape index (κ1) is 16.3. The van der Waals surface area contributed by atoms with Crippen LogP contribution in [0.15, 0.2) is 22.7 Å². The van der Waals surface area contributed by atoms with Crippen molar-refractivity contribution >= 4 is 27.5 Å². The highest BCUT2D eigenvalue weighted by Gasteiger charge is 2.25. The molecule has 2 rings (SSSR count). The van der Waals surface area contributed by atoms with Crippen LogP contribution in [-0.4, -0.2) is 6.04 Å². The Labute approximate surface area is 136 Å². The Bertz CT molecular complexity index is 427. The van der Waals surface area contributed by atoms with Crippen molar-refractivity contribution in [1.29, 1.82) is 0 Å². The van der Waals surface area contributed by atoms with Crippen LogP contribution >= 0.6 is 27.5 Å². The first-order valence-electron chi connectivity index (χ1n) is 7.79. The summed E-state index contributed by atoms with van der Waals surface area (Å²) in [5.74, 6) is 1.61. The second-order valence-corrected chi connectivity index (χ2v) is 7.50. The van der Waals surface area contributed by atoms with Crippen LogP contribution in [0.4, 0.5) is 0 Å². The lowest BCUT2D eigenvalue weighted by molar-refractivity contribution is 0.232. The molecule has 1 unspecified atom stereocenters. The summed E-state index contributed by atoms with van der Waals surface area (Å²) < 4.78 is 1.03. The standard InChI is InChI=1S/C17H25BrClN/c1-2-3-12-4-6-13(7-5-12)17(20)10-14-8-9-15(18)11-16(14)19/h8-9,11-13,17H,2-7,10,20H2,1H3. The zero-order valence-corrected chi connectivity index (χ0v) is 14.6. The van der Waals surface area contributed by atoms with Gasteiger partial charge in [-0.15, -0.1) is 0 Å². The van der Waals surface area contributed by atoms with Crippen molar-refractivity contribution in [3.8, 4) is 0 Å². The third-order valence-corrected chi connectivity index (χ3v) is 5.51. The molecular weight excluding hydrogens is 334 g/mol. The first-order valence-corrected chi connectivity index (χ1v) is 8.96.